The van der Waals surface area contributed by atoms with E-state index < -0.39 is 11.2 Å². The van der Waals surface area contributed by atoms with E-state index in [-0.39, 0.29) is 55.0 Å². The van der Waals surface area contributed by atoms with Gasteiger partial charge >= 0.3 is 23.9 Å². The second-order valence-electron chi connectivity index (χ2n) is 9.83. The van der Waals surface area contributed by atoms with Gasteiger partial charge in [0.25, 0.3) is 0 Å². The molecule has 2 fully saturated rings. The van der Waals surface area contributed by atoms with Crippen molar-refractivity contribution in [2.75, 3.05) is 14.2 Å². The lowest BCUT2D eigenvalue weighted by Gasteiger charge is -2.19. The smallest absolute Gasteiger partial charge is 0.309 e. The van der Waals surface area contributed by atoms with Crippen LogP contribution in [0.15, 0.2) is 0 Å². The number of esters is 4. The number of carbonyl (C=O) groups excluding carboxylic acids is 4. The Hall–Kier alpha value is -2.12. The Morgan fingerprint density at radius 2 is 0.968 bits per heavy atom. The minimum atomic E-state index is -0.449. The summed E-state index contributed by atoms with van der Waals surface area (Å²) in [6.45, 7) is 11.0. The van der Waals surface area contributed by atoms with Gasteiger partial charge in [-0.25, -0.2) is 0 Å². The van der Waals surface area contributed by atoms with Crippen LogP contribution in [-0.4, -0.2) is 49.3 Å². The summed E-state index contributed by atoms with van der Waals surface area (Å²) in [7, 11) is 2.71. The van der Waals surface area contributed by atoms with Gasteiger partial charge in [-0.15, -0.1) is 0 Å². The molecule has 0 unspecified atom stereocenters. The van der Waals surface area contributed by atoms with E-state index >= 15 is 0 Å². The average Bonchev–Trinajstić information content (AvgIpc) is 3.48. The number of carbonyl (C=O) groups is 4. The lowest BCUT2D eigenvalue weighted by atomic mass is 10.2. The molecule has 31 heavy (non-hydrogen) atoms. The Labute approximate surface area is 186 Å². The van der Waals surface area contributed by atoms with Crippen molar-refractivity contribution >= 4 is 23.9 Å². The number of hydrogen-bond acceptors (Lipinski definition) is 8. The van der Waals surface area contributed by atoms with Gasteiger partial charge in [0.15, 0.2) is 0 Å². The number of methoxy groups -OCH3 is 2. The Bertz CT molecular complexity index is 585. The first-order valence-corrected chi connectivity index (χ1v) is 10.3. The zero-order chi connectivity index (χ0) is 23.3. The summed E-state index contributed by atoms with van der Waals surface area (Å²) in [6, 6.07) is 0. The topological polar surface area (TPSA) is 105 Å². The van der Waals surface area contributed by atoms with E-state index in [9.17, 15) is 19.2 Å². The van der Waals surface area contributed by atoms with Crippen molar-refractivity contribution < 1.29 is 38.1 Å². The lowest BCUT2D eigenvalue weighted by Crippen LogP contribution is -2.25. The second-order valence-corrected chi connectivity index (χ2v) is 9.83. The van der Waals surface area contributed by atoms with E-state index in [1.54, 1.807) is 0 Å². The normalized spacial score (nSPS) is 23.7. The molecule has 0 aromatic rings. The van der Waals surface area contributed by atoms with Crippen molar-refractivity contribution in [3.05, 3.63) is 0 Å². The van der Waals surface area contributed by atoms with Crippen molar-refractivity contribution in [2.24, 2.45) is 23.7 Å². The number of ether oxygens (including phenoxy) is 4. The van der Waals surface area contributed by atoms with Crippen LogP contribution in [0.3, 0.4) is 0 Å². The van der Waals surface area contributed by atoms with Crippen molar-refractivity contribution in [2.45, 2.75) is 85.9 Å². The molecule has 0 amide bonds. The highest BCUT2D eigenvalue weighted by molar-refractivity contribution is 5.79. The molecule has 8 nitrogen and oxygen atoms in total. The van der Waals surface area contributed by atoms with Crippen molar-refractivity contribution in [3.8, 4) is 0 Å². The molecule has 180 valence electrons. The van der Waals surface area contributed by atoms with Gasteiger partial charge in [-0.05, 0) is 66.2 Å². The maximum atomic E-state index is 11.5. The van der Waals surface area contributed by atoms with Crippen molar-refractivity contribution in [1.29, 1.82) is 0 Å². The SMILES string of the molecule is C.COC(=O)C[C@@H]1C[C@@H]1C(=O)OC(C)(C)C.COC(=O)C[C@H]1C[C@@H]1C(=O)OC(C)(C)C. The largest absolute Gasteiger partial charge is 0.469 e. The van der Waals surface area contributed by atoms with Crippen LogP contribution in [0.5, 0.6) is 0 Å². The van der Waals surface area contributed by atoms with Crippen LogP contribution in [-0.2, 0) is 38.1 Å². The van der Waals surface area contributed by atoms with Gasteiger partial charge in [-0.1, -0.05) is 7.43 Å². The first-order chi connectivity index (χ1) is 13.7. The zero-order valence-electron chi connectivity index (χ0n) is 19.4. The maximum absolute atomic E-state index is 11.5. The molecule has 2 aliphatic carbocycles. The molecular weight excluding hydrogens is 404 g/mol. The van der Waals surface area contributed by atoms with E-state index in [0.29, 0.717) is 12.8 Å². The van der Waals surface area contributed by atoms with Crippen LogP contribution in [0.25, 0.3) is 0 Å². The molecule has 8 heteroatoms. The molecule has 0 aromatic carbocycles. The van der Waals surface area contributed by atoms with Gasteiger partial charge in [-0.3, -0.25) is 19.2 Å². The minimum absolute atomic E-state index is 0. The Kier molecular flexibility index (Phi) is 10.7. The summed E-state index contributed by atoms with van der Waals surface area (Å²) in [5, 5.41) is 0. The quantitative estimate of drug-likeness (QED) is 0.451. The predicted molar refractivity (Wildman–Crippen MR) is 115 cm³/mol. The van der Waals surface area contributed by atoms with Gasteiger partial charge < -0.3 is 18.9 Å². The van der Waals surface area contributed by atoms with Gasteiger partial charge in [-0.2, -0.15) is 0 Å². The Morgan fingerprint density at radius 1 is 0.677 bits per heavy atom. The summed E-state index contributed by atoms with van der Waals surface area (Å²) < 4.78 is 19.5. The van der Waals surface area contributed by atoms with Crippen LogP contribution < -0.4 is 0 Å². The molecule has 4 atom stereocenters. The fourth-order valence-corrected chi connectivity index (χ4v) is 2.87. The molecule has 0 saturated heterocycles. The highest BCUT2D eigenvalue weighted by Gasteiger charge is 2.47. The molecule has 2 aliphatic rings. The van der Waals surface area contributed by atoms with E-state index in [1.165, 1.54) is 14.2 Å². The number of rotatable bonds is 6. The molecular formula is C23H40O8. The summed E-state index contributed by atoms with van der Waals surface area (Å²) >= 11 is 0. The zero-order valence-corrected chi connectivity index (χ0v) is 19.4. The fourth-order valence-electron chi connectivity index (χ4n) is 2.87. The van der Waals surface area contributed by atoms with Gasteiger partial charge in [0, 0.05) is 12.8 Å². The third-order valence-electron chi connectivity index (χ3n) is 4.58. The van der Waals surface area contributed by atoms with E-state index in [4.69, 9.17) is 9.47 Å². The lowest BCUT2D eigenvalue weighted by molar-refractivity contribution is -0.158. The average molecular weight is 445 g/mol. The summed E-state index contributed by atoms with van der Waals surface area (Å²) in [5.41, 5.74) is -0.898. The molecule has 0 spiro atoms. The molecule has 0 heterocycles. The highest BCUT2D eigenvalue weighted by Crippen LogP contribution is 2.43. The first kappa shape index (κ1) is 28.9. The van der Waals surface area contributed by atoms with Crippen LogP contribution in [0.1, 0.15) is 74.7 Å². The van der Waals surface area contributed by atoms with Crippen LogP contribution in [0, 0.1) is 23.7 Å². The first-order valence-electron chi connectivity index (χ1n) is 10.3. The third-order valence-corrected chi connectivity index (χ3v) is 4.58. The molecule has 2 saturated carbocycles. The minimum Gasteiger partial charge on any atom is -0.469 e. The monoisotopic (exact) mass is 444 g/mol. The highest BCUT2D eigenvalue weighted by atomic mass is 16.6. The van der Waals surface area contributed by atoms with Gasteiger partial charge in [0.1, 0.15) is 11.2 Å². The molecule has 0 bridgehead atoms. The summed E-state index contributed by atoms with van der Waals surface area (Å²) in [5.74, 6) is -0.892. The van der Waals surface area contributed by atoms with Crippen molar-refractivity contribution in [3.63, 3.8) is 0 Å². The summed E-state index contributed by atoms with van der Waals surface area (Å²) in [6.07, 6.45) is 2.12. The van der Waals surface area contributed by atoms with Crippen LogP contribution >= 0.6 is 0 Å². The number of hydrogen-bond donors (Lipinski definition) is 0. The molecule has 0 aromatic heterocycles. The van der Waals surface area contributed by atoms with E-state index in [1.807, 2.05) is 41.5 Å². The third kappa shape index (κ3) is 11.7. The predicted octanol–water partition coefficient (Wildman–Crippen LogP) is 3.69. The molecule has 0 N–H and O–H groups in total. The fraction of sp³-hybridized carbons (Fsp3) is 0.826. The van der Waals surface area contributed by atoms with E-state index in [0.717, 1.165) is 12.8 Å². The van der Waals surface area contributed by atoms with Crippen molar-refractivity contribution in [1.82, 2.24) is 0 Å². The summed E-state index contributed by atoms with van der Waals surface area (Å²) in [4.78, 5) is 44.9. The van der Waals surface area contributed by atoms with Crippen LogP contribution in [0.4, 0.5) is 0 Å². The second kappa shape index (κ2) is 11.5. The van der Waals surface area contributed by atoms with Gasteiger partial charge in [0.2, 0.25) is 0 Å². The molecule has 0 radical (unpaired) electrons. The van der Waals surface area contributed by atoms with E-state index in [2.05, 4.69) is 9.47 Å². The van der Waals surface area contributed by atoms with Crippen LogP contribution in [0.2, 0.25) is 0 Å². The molecule has 0 aliphatic heterocycles. The Balaban J connectivity index is 0.000000562. The Morgan fingerprint density at radius 3 is 1.19 bits per heavy atom. The maximum Gasteiger partial charge on any atom is 0.309 e. The van der Waals surface area contributed by atoms with Gasteiger partial charge in [0.05, 0.1) is 26.1 Å². The molecule has 2 rings (SSSR count). The standard InChI is InChI=1S/2C11H18O4.CH4/c2*1-11(2,3)15-10(13)8-5-7(8)6-9(12)14-4;/h2*7-8H,5-6H2,1-4H3;1H4/t7-,8+;7-,8-;/m10./s1.